The molecule has 264 valence electrons. The largest absolute Gasteiger partial charge is 0.491 e. The van der Waals surface area contributed by atoms with Crippen molar-refractivity contribution < 1.29 is 28.4 Å². The van der Waals surface area contributed by atoms with Crippen LogP contribution in [0.4, 0.5) is 5.69 Å². The van der Waals surface area contributed by atoms with Gasteiger partial charge in [-0.15, -0.1) is 4.36 Å². The predicted molar refractivity (Wildman–Crippen MR) is 192 cm³/mol. The molecule has 5 rings (SSSR count). The molecule has 13 heteroatoms. The number of halogens is 1. The Morgan fingerprint density at radius 2 is 1.98 bits per heavy atom. The molecule has 2 aromatic carbocycles. The fourth-order valence-electron chi connectivity index (χ4n) is 6.54. The molecule has 2 heterocycles. The lowest BCUT2D eigenvalue weighted by Crippen LogP contribution is -2.39. The van der Waals surface area contributed by atoms with Gasteiger partial charge in [-0.1, -0.05) is 36.7 Å². The Hall–Kier alpha value is -3.87. The molecule has 3 aliphatic rings. The number of nitrogens with one attached hydrogen (secondary N) is 3. The normalized spacial score (nSPS) is 27.0. The zero-order valence-electron chi connectivity index (χ0n) is 28.2. The minimum absolute atomic E-state index is 0.182. The van der Waals surface area contributed by atoms with Crippen molar-refractivity contribution in [3.05, 3.63) is 82.0 Å². The first-order valence-electron chi connectivity index (χ1n) is 16.8. The second-order valence-electron chi connectivity index (χ2n) is 13.0. The number of hydrogen-bond donors (Lipinski definition) is 4. The summed E-state index contributed by atoms with van der Waals surface area (Å²) >= 11 is 6.43. The molecule has 49 heavy (non-hydrogen) atoms. The quantitative estimate of drug-likeness (QED) is 0.142. The minimum atomic E-state index is -3.81. The number of carbonyl (C=O) groups is 2. The highest BCUT2D eigenvalue weighted by Gasteiger charge is 2.33. The second-order valence-corrected chi connectivity index (χ2v) is 15.5. The van der Waals surface area contributed by atoms with Crippen LogP contribution in [0.5, 0.6) is 5.75 Å². The fraction of sp³-hybridized carbons (Fsp3) is 0.472. The van der Waals surface area contributed by atoms with Crippen LogP contribution in [0.15, 0.2) is 64.7 Å². The van der Waals surface area contributed by atoms with Crippen molar-refractivity contribution in [2.45, 2.75) is 58.1 Å². The summed E-state index contributed by atoms with van der Waals surface area (Å²) in [6.07, 6.45) is 9.49. The lowest BCUT2D eigenvalue weighted by molar-refractivity contribution is -0.115. The number of ether oxygens (including phenoxy) is 2. The van der Waals surface area contributed by atoms with Gasteiger partial charge >= 0.3 is 0 Å². The molecular formula is C36H46ClN5O6S. The van der Waals surface area contributed by atoms with Gasteiger partial charge in [-0.05, 0) is 97.7 Å². The highest BCUT2D eigenvalue weighted by molar-refractivity contribution is 7.92. The molecule has 2 aromatic rings. The van der Waals surface area contributed by atoms with E-state index in [0.29, 0.717) is 35.8 Å². The molecule has 1 unspecified atom stereocenters. The maximum Gasteiger partial charge on any atom is 0.286 e. The Balaban J connectivity index is 1.62. The zero-order valence-corrected chi connectivity index (χ0v) is 29.8. The molecule has 5 atom stereocenters. The average Bonchev–Trinajstić information content (AvgIpc) is 3.09. The number of aliphatic hydroxyl groups excluding tert-OH is 1. The third-order valence-electron chi connectivity index (χ3n) is 9.51. The van der Waals surface area contributed by atoms with Crippen molar-refractivity contribution in [3.8, 4) is 5.75 Å². The van der Waals surface area contributed by atoms with Crippen LogP contribution in [0.25, 0.3) is 0 Å². The number of benzene rings is 2. The van der Waals surface area contributed by atoms with Crippen molar-refractivity contribution in [2.75, 3.05) is 38.0 Å². The van der Waals surface area contributed by atoms with Crippen molar-refractivity contribution in [3.63, 3.8) is 0 Å². The van der Waals surface area contributed by atoms with Crippen molar-refractivity contribution in [2.24, 2.45) is 22.1 Å². The monoisotopic (exact) mass is 711 g/mol. The highest BCUT2D eigenvalue weighted by Crippen LogP contribution is 2.41. The SMILES string of the molecule is CN/C=C(\C(=N)OC)C(=O)NS1(=O)=NC(=O)c2ccc3c(c2)N(Cc2ccc(Cl)cc2CCCCO3)C[C@@H]2CC[C@H]2C/C=C/[C@H](O)[C@H](C)C1. The van der Waals surface area contributed by atoms with E-state index in [4.69, 9.17) is 26.5 Å². The summed E-state index contributed by atoms with van der Waals surface area (Å²) in [7, 11) is -1.03. The third kappa shape index (κ3) is 9.03. The standard InChI is InChI=1S/C36H46ClN5O6S/c1-23-22-49(46,41-36(45)30(19-39-2)34(38)47-3)40-35(44)26-13-15-33-31(18-26)42(20-27-11-10-24(27)8-6-9-32(23)43)21-28-12-14-29(37)17-25(28)7-4-5-16-48-33/h6,9,12-15,17-19,23-24,27,32,38-39,43H,4-5,7-8,10-11,16,20-22H2,1-3H3,(H,40,41,44,45,46)/b9-6+,30-19+,38-34?/t23-,24-,27+,32+,49?/m1/s1. The number of fused-ring (bicyclic) bond motifs is 3. The Bertz CT molecular complexity index is 1750. The number of hydrogen-bond acceptors (Lipinski definition) is 9. The van der Waals surface area contributed by atoms with E-state index in [1.807, 2.05) is 18.2 Å². The van der Waals surface area contributed by atoms with E-state index in [1.165, 1.54) is 18.9 Å². The Kier molecular flexibility index (Phi) is 12.1. The maximum atomic E-state index is 14.4. The number of methoxy groups -OCH3 is 1. The first-order chi connectivity index (χ1) is 23.5. The summed E-state index contributed by atoms with van der Waals surface area (Å²) in [6.45, 7) is 3.50. The van der Waals surface area contributed by atoms with E-state index >= 15 is 0 Å². The summed E-state index contributed by atoms with van der Waals surface area (Å²) in [5.74, 6) is -1.65. The summed E-state index contributed by atoms with van der Waals surface area (Å²) in [4.78, 5) is 29.5. The van der Waals surface area contributed by atoms with Crippen LogP contribution < -0.4 is 19.7 Å². The summed E-state index contributed by atoms with van der Waals surface area (Å²) < 4.78 is 32.2. The molecule has 11 nitrogen and oxygen atoms in total. The van der Waals surface area contributed by atoms with E-state index in [1.54, 1.807) is 38.2 Å². The van der Waals surface area contributed by atoms with Gasteiger partial charge in [-0.25, -0.2) is 4.21 Å². The van der Waals surface area contributed by atoms with Gasteiger partial charge in [0.05, 0.1) is 31.3 Å². The molecule has 4 N–H and O–H groups in total. The van der Waals surface area contributed by atoms with Gasteiger partial charge in [0.1, 0.15) is 21.2 Å². The Morgan fingerprint density at radius 3 is 2.71 bits per heavy atom. The van der Waals surface area contributed by atoms with Gasteiger partial charge in [0.2, 0.25) is 5.90 Å². The summed E-state index contributed by atoms with van der Waals surface area (Å²) in [5, 5.41) is 22.4. The second kappa shape index (κ2) is 16.2. The van der Waals surface area contributed by atoms with E-state index in [9.17, 15) is 18.9 Å². The number of anilines is 1. The lowest BCUT2D eigenvalue weighted by Gasteiger charge is -2.41. The summed E-state index contributed by atoms with van der Waals surface area (Å²) in [5.41, 5.74) is 3.03. The minimum Gasteiger partial charge on any atom is -0.491 e. The number of nitrogens with zero attached hydrogens (tertiary/aromatic N) is 2. The van der Waals surface area contributed by atoms with Crippen LogP contribution in [-0.4, -0.2) is 66.2 Å². The number of allylic oxidation sites excluding steroid dienone is 1. The van der Waals surface area contributed by atoms with Crippen molar-refractivity contribution in [1.82, 2.24) is 10.0 Å². The lowest BCUT2D eigenvalue weighted by atomic mass is 9.71. The van der Waals surface area contributed by atoms with Crippen molar-refractivity contribution in [1.29, 1.82) is 5.41 Å². The van der Waals surface area contributed by atoms with Crippen LogP contribution in [-0.2, 0) is 32.4 Å². The third-order valence-corrected chi connectivity index (χ3v) is 11.7. The Morgan fingerprint density at radius 1 is 1.18 bits per heavy atom. The van der Waals surface area contributed by atoms with Crippen LogP contribution in [0.2, 0.25) is 5.02 Å². The fourth-order valence-corrected chi connectivity index (χ4v) is 8.62. The van der Waals surface area contributed by atoms with Gasteiger partial charge in [0, 0.05) is 36.9 Å². The number of amides is 2. The molecule has 1 aliphatic carbocycles. The highest BCUT2D eigenvalue weighted by atomic mass is 35.5. The van der Waals surface area contributed by atoms with E-state index in [-0.39, 0.29) is 16.9 Å². The molecule has 2 bridgehead atoms. The molecule has 0 aromatic heterocycles. The first kappa shape index (κ1) is 36.4. The predicted octanol–water partition coefficient (Wildman–Crippen LogP) is 5.41. The molecule has 1 saturated carbocycles. The molecule has 2 aliphatic heterocycles. The van der Waals surface area contributed by atoms with Gasteiger partial charge < -0.3 is 24.8 Å². The molecular weight excluding hydrogens is 666 g/mol. The molecule has 0 radical (unpaired) electrons. The number of aliphatic hydroxyl groups is 1. The smallest absolute Gasteiger partial charge is 0.286 e. The zero-order chi connectivity index (χ0) is 35.1. The van der Waals surface area contributed by atoms with Crippen molar-refractivity contribution >= 4 is 44.9 Å². The summed E-state index contributed by atoms with van der Waals surface area (Å²) in [6, 6.07) is 11.1. The van der Waals surface area contributed by atoms with E-state index in [0.717, 1.165) is 56.3 Å². The molecule has 0 saturated heterocycles. The van der Waals surface area contributed by atoms with Crippen LogP contribution >= 0.6 is 11.6 Å². The average molecular weight is 712 g/mol. The van der Waals surface area contributed by atoms with Gasteiger partial charge in [0.25, 0.3) is 11.8 Å². The van der Waals surface area contributed by atoms with Crippen LogP contribution in [0.3, 0.4) is 0 Å². The van der Waals surface area contributed by atoms with Gasteiger partial charge in [-0.3, -0.25) is 19.7 Å². The number of aryl methyl sites for hydroxylation is 1. The van der Waals surface area contributed by atoms with E-state index < -0.39 is 39.6 Å². The molecule has 2 amide bonds. The van der Waals surface area contributed by atoms with Crippen LogP contribution in [0.1, 0.15) is 60.5 Å². The van der Waals surface area contributed by atoms with Gasteiger partial charge in [0.15, 0.2) is 0 Å². The van der Waals surface area contributed by atoms with Crippen LogP contribution in [0, 0.1) is 23.2 Å². The topological polar surface area (TPSA) is 153 Å². The Labute approximate surface area is 293 Å². The first-order valence-corrected chi connectivity index (χ1v) is 18.8. The number of carbonyl (C=O) groups excluding carboxylic acids is 2. The van der Waals surface area contributed by atoms with Gasteiger partial charge in [-0.2, -0.15) is 0 Å². The molecule has 0 spiro atoms. The van der Waals surface area contributed by atoms with E-state index in [2.05, 4.69) is 25.4 Å². The maximum absolute atomic E-state index is 14.4. The number of rotatable bonds is 4. The molecule has 1 fully saturated rings.